The van der Waals surface area contributed by atoms with Gasteiger partial charge in [-0.2, -0.15) is 0 Å². The zero-order valence-corrected chi connectivity index (χ0v) is 14.3. The summed E-state index contributed by atoms with van der Waals surface area (Å²) in [5, 5.41) is 2.04. The number of ether oxygens (including phenoxy) is 1. The topological polar surface area (TPSA) is 38.2 Å². The fraction of sp³-hybridized carbons (Fsp3) is 0.0526. The van der Waals surface area contributed by atoms with Crippen LogP contribution in [0, 0.1) is 11.6 Å². The van der Waals surface area contributed by atoms with Crippen LogP contribution in [0.5, 0.6) is 11.5 Å². The van der Waals surface area contributed by atoms with Crippen LogP contribution in [-0.2, 0) is 0 Å². The Morgan fingerprint density at radius 3 is 2.54 bits per heavy atom. The number of thioether (sulfide) groups is 1. The number of hydrogen-bond acceptors (Lipinski definition) is 5. The lowest BCUT2D eigenvalue weighted by Crippen LogP contribution is -2.18. The van der Waals surface area contributed by atoms with E-state index in [1.807, 2.05) is 22.4 Å². The van der Waals surface area contributed by atoms with Crippen molar-refractivity contribution in [3.8, 4) is 11.5 Å². The summed E-state index contributed by atoms with van der Waals surface area (Å²) in [7, 11) is 0. The smallest absolute Gasteiger partial charge is 0.198 e. The minimum atomic E-state index is -0.752. The molecule has 0 atom stereocenters. The molecular weight excluding hydrogens is 356 g/mol. The molecule has 26 heavy (non-hydrogen) atoms. The normalized spacial score (nSPS) is 13.6. The summed E-state index contributed by atoms with van der Waals surface area (Å²) in [6.07, 6.45) is 5.01. The molecule has 0 saturated carbocycles. The van der Waals surface area contributed by atoms with Gasteiger partial charge < -0.3 is 9.64 Å². The third-order valence-electron chi connectivity index (χ3n) is 3.80. The van der Waals surface area contributed by atoms with E-state index in [0.29, 0.717) is 17.4 Å². The van der Waals surface area contributed by atoms with Gasteiger partial charge in [0.2, 0.25) is 0 Å². The Hall–Kier alpha value is -2.93. The Morgan fingerprint density at radius 1 is 1.00 bits per heavy atom. The number of nitrogens with zero attached hydrogens (tertiary/aromatic N) is 3. The summed E-state index contributed by atoms with van der Waals surface area (Å²) in [5.74, 6) is -0.306. The van der Waals surface area contributed by atoms with Gasteiger partial charge in [0.1, 0.15) is 11.6 Å². The number of benzene rings is 1. The van der Waals surface area contributed by atoms with E-state index in [2.05, 4.69) is 9.97 Å². The number of pyridine rings is 2. The summed E-state index contributed by atoms with van der Waals surface area (Å²) in [4.78, 5) is 10.4. The highest BCUT2D eigenvalue weighted by atomic mass is 32.2. The van der Waals surface area contributed by atoms with Gasteiger partial charge in [-0.1, -0.05) is 6.07 Å². The number of anilines is 1. The van der Waals surface area contributed by atoms with Gasteiger partial charge in [-0.25, -0.2) is 13.8 Å². The summed E-state index contributed by atoms with van der Waals surface area (Å²) >= 11 is 1.64. The third kappa shape index (κ3) is 3.25. The van der Waals surface area contributed by atoms with Crippen molar-refractivity contribution in [2.75, 3.05) is 10.8 Å². The first-order valence-corrected chi connectivity index (χ1v) is 8.85. The van der Waals surface area contributed by atoms with E-state index in [-0.39, 0.29) is 0 Å². The highest BCUT2D eigenvalue weighted by Crippen LogP contribution is 2.36. The van der Waals surface area contributed by atoms with Crippen molar-refractivity contribution < 1.29 is 13.5 Å². The highest BCUT2D eigenvalue weighted by molar-refractivity contribution is 8.02. The van der Waals surface area contributed by atoms with E-state index in [9.17, 15) is 8.78 Å². The van der Waals surface area contributed by atoms with Crippen LogP contribution < -0.4 is 9.64 Å². The molecule has 1 aliphatic heterocycles. The molecule has 4 rings (SSSR count). The molecule has 3 aromatic rings. The van der Waals surface area contributed by atoms with Crippen LogP contribution in [0.3, 0.4) is 0 Å². The summed E-state index contributed by atoms with van der Waals surface area (Å²) < 4.78 is 33.1. The molecule has 1 aromatic carbocycles. The zero-order chi connectivity index (χ0) is 17.9. The molecule has 0 radical (unpaired) electrons. The predicted octanol–water partition coefficient (Wildman–Crippen LogP) is 5.06. The second kappa shape index (κ2) is 7.13. The van der Waals surface area contributed by atoms with Crippen molar-refractivity contribution in [2.24, 2.45) is 0 Å². The largest absolute Gasteiger partial charge is 0.451 e. The summed E-state index contributed by atoms with van der Waals surface area (Å²) in [6, 6.07) is 10.7. The van der Waals surface area contributed by atoms with Crippen molar-refractivity contribution >= 4 is 23.3 Å². The van der Waals surface area contributed by atoms with E-state index in [0.717, 1.165) is 23.4 Å². The number of hydrogen-bond donors (Lipinski definition) is 0. The van der Waals surface area contributed by atoms with Gasteiger partial charge in [0.05, 0.1) is 11.6 Å². The van der Waals surface area contributed by atoms with Gasteiger partial charge in [-0.05, 0) is 35.7 Å². The first-order chi connectivity index (χ1) is 12.7. The summed E-state index contributed by atoms with van der Waals surface area (Å²) in [5.41, 5.74) is 2.00. The molecular formula is C19H13F2N3OS. The zero-order valence-electron chi connectivity index (χ0n) is 13.5. The van der Waals surface area contributed by atoms with E-state index >= 15 is 0 Å². The van der Waals surface area contributed by atoms with Crippen LogP contribution >= 0.6 is 11.8 Å². The van der Waals surface area contributed by atoms with Crippen LogP contribution in [0.25, 0.3) is 5.70 Å². The molecule has 0 N–H and O–H groups in total. The van der Waals surface area contributed by atoms with Crippen molar-refractivity contribution in [1.29, 1.82) is 0 Å². The van der Waals surface area contributed by atoms with Crippen LogP contribution in [0.2, 0.25) is 0 Å². The number of halogens is 2. The molecule has 0 aliphatic carbocycles. The molecule has 1 aliphatic rings. The SMILES string of the molecule is Fc1cccc(F)c1Oc1ccnc(N2CSC=C2c2ccncc2)c1. The average molecular weight is 369 g/mol. The van der Waals surface area contributed by atoms with E-state index in [1.165, 1.54) is 6.07 Å². The monoisotopic (exact) mass is 369 g/mol. The van der Waals surface area contributed by atoms with Gasteiger partial charge in [-0.3, -0.25) is 4.98 Å². The van der Waals surface area contributed by atoms with Crippen LogP contribution in [0.15, 0.2) is 66.5 Å². The first-order valence-electron chi connectivity index (χ1n) is 7.80. The van der Waals surface area contributed by atoms with Gasteiger partial charge in [0.15, 0.2) is 17.4 Å². The van der Waals surface area contributed by atoms with Crippen molar-refractivity contribution in [3.05, 3.63) is 83.7 Å². The van der Waals surface area contributed by atoms with E-state index in [1.54, 1.807) is 42.5 Å². The fourth-order valence-corrected chi connectivity index (χ4v) is 3.48. The average Bonchev–Trinajstić information content (AvgIpc) is 3.16. The Bertz CT molecular complexity index is 946. The first kappa shape index (κ1) is 16.5. The Balaban J connectivity index is 1.63. The quantitative estimate of drug-likeness (QED) is 0.643. The number of para-hydroxylation sites is 1. The van der Waals surface area contributed by atoms with Crippen LogP contribution in [-0.4, -0.2) is 15.8 Å². The van der Waals surface area contributed by atoms with E-state index < -0.39 is 17.4 Å². The number of aromatic nitrogens is 2. The fourth-order valence-electron chi connectivity index (χ4n) is 2.57. The second-order valence-electron chi connectivity index (χ2n) is 5.47. The maximum atomic E-state index is 13.8. The summed E-state index contributed by atoms with van der Waals surface area (Å²) in [6.45, 7) is 0. The molecule has 2 aromatic heterocycles. The van der Waals surface area contributed by atoms with E-state index in [4.69, 9.17) is 4.74 Å². The molecule has 0 saturated heterocycles. The van der Waals surface area contributed by atoms with Gasteiger partial charge in [0.25, 0.3) is 0 Å². The molecule has 0 unspecified atom stereocenters. The number of rotatable bonds is 4. The van der Waals surface area contributed by atoms with Crippen molar-refractivity contribution in [1.82, 2.24) is 9.97 Å². The van der Waals surface area contributed by atoms with Crippen molar-refractivity contribution in [3.63, 3.8) is 0 Å². The maximum absolute atomic E-state index is 13.8. The van der Waals surface area contributed by atoms with Gasteiger partial charge >= 0.3 is 0 Å². The molecule has 0 bridgehead atoms. The highest BCUT2D eigenvalue weighted by Gasteiger charge is 2.21. The predicted molar refractivity (Wildman–Crippen MR) is 97.8 cm³/mol. The molecule has 0 amide bonds. The third-order valence-corrected chi connectivity index (χ3v) is 4.60. The van der Waals surface area contributed by atoms with Crippen LogP contribution in [0.4, 0.5) is 14.6 Å². The van der Waals surface area contributed by atoms with Gasteiger partial charge in [0, 0.05) is 30.2 Å². The minimum Gasteiger partial charge on any atom is -0.451 e. The standard InChI is InChI=1S/C19H13F2N3OS/c20-15-2-1-3-16(21)19(15)25-14-6-9-23-18(10-14)24-12-26-11-17(24)13-4-7-22-8-5-13/h1-11H,12H2. The van der Waals surface area contributed by atoms with Gasteiger partial charge in [-0.15, -0.1) is 11.8 Å². The molecule has 7 heteroatoms. The lowest BCUT2D eigenvalue weighted by molar-refractivity contribution is 0.407. The molecule has 0 spiro atoms. The molecule has 0 fully saturated rings. The van der Waals surface area contributed by atoms with Crippen molar-refractivity contribution in [2.45, 2.75) is 0 Å². The minimum absolute atomic E-state index is 0.310. The maximum Gasteiger partial charge on any atom is 0.198 e. The molecule has 3 heterocycles. The molecule has 4 nitrogen and oxygen atoms in total. The lowest BCUT2D eigenvalue weighted by atomic mass is 10.2. The van der Waals surface area contributed by atoms with Crippen LogP contribution in [0.1, 0.15) is 5.56 Å². The Labute approximate surface area is 153 Å². The Kier molecular flexibility index (Phi) is 4.53. The Morgan fingerprint density at radius 2 is 1.77 bits per heavy atom. The lowest BCUT2D eigenvalue weighted by Gasteiger charge is -2.21. The molecule has 130 valence electrons. The second-order valence-corrected chi connectivity index (χ2v) is 6.29.